The second-order valence-electron chi connectivity index (χ2n) is 17.8. The van der Waals surface area contributed by atoms with Crippen LogP contribution in [0.3, 0.4) is 0 Å². The number of ether oxygens (including phenoxy) is 1. The number of allylic oxidation sites excluding steroid dienone is 1. The molecule has 7 heteroatoms. The first-order chi connectivity index (χ1) is 23.2. The van der Waals surface area contributed by atoms with Crippen molar-refractivity contribution in [3.8, 4) is 0 Å². The molecule has 0 radical (unpaired) electrons. The minimum atomic E-state index is -0.728. The number of aliphatic carboxylic acids is 1. The van der Waals surface area contributed by atoms with E-state index in [-0.39, 0.29) is 29.5 Å². The lowest BCUT2D eigenvalue weighted by Gasteiger charge is -2.56. The molecule has 0 aromatic heterocycles. The lowest BCUT2D eigenvalue weighted by Crippen LogP contribution is -2.60. The highest BCUT2D eigenvalue weighted by Gasteiger charge is 2.80. The molecule has 48 heavy (non-hydrogen) atoms. The summed E-state index contributed by atoms with van der Waals surface area (Å²) in [5.74, 6) is 3.65. The van der Waals surface area contributed by atoms with Gasteiger partial charge in [0.1, 0.15) is 5.41 Å². The molecule has 7 nitrogen and oxygen atoms in total. The van der Waals surface area contributed by atoms with Crippen LogP contribution in [0.1, 0.15) is 98.8 Å². The van der Waals surface area contributed by atoms with Crippen molar-refractivity contribution in [2.24, 2.45) is 58.2 Å². The summed E-state index contributed by atoms with van der Waals surface area (Å²) in [4.78, 5) is 21.8. The molecule has 0 aromatic carbocycles. The zero-order valence-corrected chi connectivity index (χ0v) is 31.3. The number of piperazine rings is 1. The Bertz CT molecular complexity index is 1140. The molecule has 4 bridgehead atoms. The normalized spacial score (nSPS) is 41.9. The first kappa shape index (κ1) is 35.4. The van der Waals surface area contributed by atoms with Crippen LogP contribution in [-0.2, 0) is 9.53 Å². The van der Waals surface area contributed by atoms with Gasteiger partial charge in [-0.2, -0.15) is 0 Å². The second-order valence-corrected chi connectivity index (χ2v) is 17.8. The molecule has 2 N–H and O–H groups in total. The zero-order valence-electron chi connectivity index (χ0n) is 31.3. The van der Waals surface area contributed by atoms with Gasteiger partial charge in [0.25, 0.3) is 0 Å². The van der Waals surface area contributed by atoms with Gasteiger partial charge in [-0.05, 0) is 86.1 Å². The minimum absolute atomic E-state index is 0.0630. The maximum atomic E-state index is 14.0. The van der Waals surface area contributed by atoms with Crippen LogP contribution in [0.15, 0.2) is 11.6 Å². The molecule has 6 fully saturated rings. The topological polar surface area (TPSA) is 68.3 Å². The third-order valence-corrected chi connectivity index (χ3v) is 15.8. The number of carbonyl (C=O) groups is 1. The molecule has 0 aromatic rings. The van der Waals surface area contributed by atoms with E-state index >= 15 is 0 Å². The summed E-state index contributed by atoms with van der Waals surface area (Å²) >= 11 is 0. The van der Waals surface area contributed by atoms with E-state index in [1.807, 2.05) is 0 Å². The van der Waals surface area contributed by atoms with Crippen molar-refractivity contribution in [1.82, 2.24) is 20.0 Å². The van der Waals surface area contributed by atoms with Crippen molar-refractivity contribution in [3.63, 3.8) is 0 Å². The number of fused-ring (bicyclic) bond motifs is 2. The van der Waals surface area contributed by atoms with Crippen LogP contribution in [0.5, 0.6) is 0 Å². The van der Waals surface area contributed by atoms with Gasteiger partial charge in [0.2, 0.25) is 0 Å². The number of likely N-dealkylation sites (N-methyl/N-ethyl adjacent to an activating group) is 1. The number of hydrogen-bond acceptors (Lipinski definition) is 6. The highest BCUT2D eigenvalue weighted by atomic mass is 16.5. The monoisotopic (exact) mass is 667 g/mol. The fourth-order valence-electron chi connectivity index (χ4n) is 13.4. The molecule has 3 unspecified atom stereocenters. The Kier molecular flexibility index (Phi) is 10.7. The van der Waals surface area contributed by atoms with Crippen molar-refractivity contribution in [1.29, 1.82) is 0 Å². The first-order valence-corrected chi connectivity index (χ1v) is 20.7. The predicted molar refractivity (Wildman–Crippen MR) is 194 cm³/mol. The van der Waals surface area contributed by atoms with Gasteiger partial charge >= 0.3 is 5.97 Å². The van der Waals surface area contributed by atoms with Crippen molar-refractivity contribution in [2.45, 2.75) is 111 Å². The van der Waals surface area contributed by atoms with Crippen molar-refractivity contribution < 1.29 is 14.6 Å². The molecule has 0 spiro atoms. The highest BCUT2D eigenvalue weighted by Crippen LogP contribution is 2.80. The maximum Gasteiger partial charge on any atom is 0.314 e. The summed E-state index contributed by atoms with van der Waals surface area (Å²) in [6.45, 7) is 23.9. The number of nitrogens with zero attached hydrogens (tertiary/aromatic N) is 3. The largest absolute Gasteiger partial charge is 0.481 e. The summed E-state index contributed by atoms with van der Waals surface area (Å²) < 4.78 is 7.44. The lowest BCUT2D eigenvalue weighted by molar-refractivity contribution is -0.182. The van der Waals surface area contributed by atoms with Crippen molar-refractivity contribution in [3.05, 3.63) is 11.6 Å². The van der Waals surface area contributed by atoms with Gasteiger partial charge in [-0.1, -0.05) is 84.8 Å². The molecule has 7 aliphatic rings. The van der Waals surface area contributed by atoms with Crippen LogP contribution in [-0.4, -0.2) is 110 Å². The van der Waals surface area contributed by atoms with E-state index < -0.39 is 11.4 Å². The van der Waals surface area contributed by atoms with Crippen LogP contribution in [0.4, 0.5) is 0 Å². The van der Waals surface area contributed by atoms with Crippen LogP contribution < -0.4 is 5.32 Å². The van der Waals surface area contributed by atoms with E-state index in [0.717, 1.165) is 57.9 Å². The van der Waals surface area contributed by atoms with Gasteiger partial charge < -0.3 is 20.1 Å². The maximum absolute atomic E-state index is 14.0. The number of nitrogens with one attached hydrogen (secondary N) is 1. The van der Waals surface area contributed by atoms with Gasteiger partial charge in [0.05, 0.1) is 12.2 Å². The molecule has 7 rings (SSSR count). The van der Waals surface area contributed by atoms with Gasteiger partial charge in [-0.3, -0.25) is 14.6 Å². The molecule has 4 saturated carbocycles. The van der Waals surface area contributed by atoms with Crippen molar-refractivity contribution >= 4 is 5.97 Å². The fourth-order valence-corrected chi connectivity index (χ4v) is 13.4. The molecule has 0 amide bonds. The number of rotatable bonds is 14. The Morgan fingerprint density at radius 2 is 1.69 bits per heavy atom. The highest BCUT2D eigenvalue weighted by molar-refractivity contribution is 5.84. The number of carboxylic acid groups (broad SMARTS) is 1. The minimum Gasteiger partial charge on any atom is -0.481 e. The van der Waals surface area contributed by atoms with E-state index in [1.54, 1.807) is 0 Å². The Labute approximate surface area is 293 Å². The molecule has 2 heterocycles. The van der Waals surface area contributed by atoms with Gasteiger partial charge in [0, 0.05) is 64.3 Å². The molecule has 2 aliphatic heterocycles. The molecular weight excluding hydrogens is 596 g/mol. The van der Waals surface area contributed by atoms with E-state index in [0.29, 0.717) is 29.6 Å². The van der Waals surface area contributed by atoms with Crippen LogP contribution >= 0.6 is 0 Å². The number of carboxylic acids is 1. The average molecular weight is 667 g/mol. The third kappa shape index (κ3) is 5.86. The fraction of sp³-hybridized carbons (Fsp3) is 0.927. The van der Waals surface area contributed by atoms with Crippen LogP contribution in [0.25, 0.3) is 0 Å². The summed E-state index contributed by atoms with van der Waals surface area (Å²) in [6, 6.07) is 0. The Balaban J connectivity index is 1.04. The molecule has 10 atom stereocenters. The van der Waals surface area contributed by atoms with Crippen LogP contribution in [0.2, 0.25) is 0 Å². The number of hydrogen-bond donors (Lipinski definition) is 2. The van der Waals surface area contributed by atoms with Gasteiger partial charge in [-0.15, -0.1) is 0 Å². The third-order valence-electron chi connectivity index (χ3n) is 15.8. The van der Waals surface area contributed by atoms with Gasteiger partial charge in [0.15, 0.2) is 0 Å². The molecule has 272 valence electrons. The first-order valence-electron chi connectivity index (χ1n) is 20.7. The SMILES string of the molecule is CCN(CC)CCN1CCN(CCNC[C@@H]2O[C@@H](C34C[C@@H]5[C@H](C)CC[C@H]5C5CC3C=C(C(C)C)[C@]54C(=O)O)C[C@H]2C2CCCCC2)CC1. The quantitative estimate of drug-likeness (QED) is 0.168. The summed E-state index contributed by atoms with van der Waals surface area (Å²) in [7, 11) is 0. The lowest BCUT2D eigenvalue weighted by atomic mass is 9.46. The van der Waals surface area contributed by atoms with Crippen LogP contribution in [0, 0.1) is 58.2 Å². The standard InChI is InChI=1S/C41H70N4O3/c1-6-43(7-2)17-18-45-21-19-44(20-22-45)16-15-42-27-37-33(30-11-9-8-10-12-30)25-38(48-37)40-26-34-29(5)13-14-32(34)36-24-31(40)23-35(28(3)4)41(36,40)39(46)47/h23,28-34,36-38,42H,6-22,24-27H2,1-5H3,(H,46,47)/t29-,31?,32-,33+,34-,36?,37+,38-,40?,41-/m1/s1. The van der Waals surface area contributed by atoms with Gasteiger partial charge in [-0.25, -0.2) is 0 Å². The van der Waals surface area contributed by atoms with Crippen molar-refractivity contribution in [2.75, 3.05) is 72.0 Å². The Morgan fingerprint density at radius 1 is 0.979 bits per heavy atom. The second kappa shape index (κ2) is 14.6. The molecular formula is C41H70N4O3. The Morgan fingerprint density at radius 3 is 2.35 bits per heavy atom. The molecule has 5 aliphatic carbocycles. The average Bonchev–Trinajstić information content (AvgIpc) is 3.82. The summed E-state index contributed by atoms with van der Waals surface area (Å²) in [5.41, 5.74) is 0.270. The predicted octanol–water partition coefficient (Wildman–Crippen LogP) is 6.24. The van der Waals surface area contributed by atoms with E-state index in [2.05, 4.69) is 60.7 Å². The zero-order chi connectivity index (χ0) is 33.6. The molecule has 2 saturated heterocycles. The van der Waals surface area contributed by atoms with E-state index in [4.69, 9.17) is 4.74 Å². The van der Waals surface area contributed by atoms with E-state index in [9.17, 15) is 9.90 Å². The summed E-state index contributed by atoms with van der Waals surface area (Å²) in [5, 5.41) is 15.4. The Hall–Kier alpha value is -0.990. The summed E-state index contributed by atoms with van der Waals surface area (Å²) in [6.07, 6.45) is 15.2. The van der Waals surface area contributed by atoms with E-state index in [1.165, 1.54) is 89.8 Å². The smallest absolute Gasteiger partial charge is 0.314 e.